The van der Waals surface area contributed by atoms with Crippen molar-refractivity contribution in [1.82, 2.24) is 5.32 Å². The molecule has 0 saturated heterocycles. The van der Waals surface area contributed by atoms with Gasteiger partial charge in [0, 0.05) is 12.1 Å². The summed E-state index contributed by atoms with van der Waals surface area (Å²) < 4.78 is 0. The van der Waals surface area contributed by atoms with Crippen LogP contribution in [0.2, 0.25) is 0 Å². The Labute approximate surface area is 127 Å². The highest BCUT2D eigenvalue weighted by atomic mass is 16.3. The molecule has 1 aromatic rings. The summed E-state index contributed by atoms with van der Waals surface area (Å²) in [6.07, 6.45) is 7.69. The number of aliphatic hydroxyl groups is 2. The molecule has 1 aromatic carbocycles. The third-order valence-electron chi connectivity index (χ3n) is 3.66. The third-order valence-corrected chi connectivity index (χ3v) is 3.66. The lowest BCUT2D eigenvalue weighted by Crippen LogP contribution is -2.31. The number of unbranched alkanes of at least 4 members (excludes halogenated alkanes) is 5. The van der Waals surface area contributed by atoms with Gasteiger partial charge < -0.3 is 15.3 Å². The summed E-state index contributed by atoms with van der Waals surface area (Å²) in [5.41, 5.74) is 1.96. The predicted molar refractivity (Wildman–Crippen MR) is 85.1 cm³/mol. The van der Waals surface area contributed by atoms with Crippen molar-refractivity contribution in [1.29, 1.82) is 0 Å². The van der Waals surface area contributed by atoms with Gasteiger partial charge in [-0.3, -0.25) is 5.32 Å². The van der Waals surface area contributed by atoms with E-state index in [2.05, 4.69) is 12.2 Å². The van der Waals surface area contributed by atoms with Gasteiger partial charge in [-0.05, 0) is 24.5 Å². The lowest BCUT2D eigenvalue weighted by molar-refractivity contribution is 0.0664. The van der Waals surface area contributed by atoms with Crippen molar-refractivity contribution in [2.24, 2.45) is 0 Å². The summed E-state index contributed by atoms with van der Waals surface area (Å²) in [7, 11) is 0. The molecule has 0 radical (unpaired) electrons. The van der Waals surface area contributed by atoms with E-state index in [4.69, 9.17) is 5.11 Å². The van der Waals surface area contributed by atoms with Gasteiger partial charge >= 0.3 is 0 Å². The Balaban J connectivity index is 2.38. The van der Waals surface area contributed by atoms with Crippen LogP contribution < -0.4 is 5.32 Å². The minimum Gasteiger partial charge on any atom is -0.508 e. The van der Waals surface area contributed by atoms with Crippen LogP contribution in [-0.2, 0) is 13.0 Å². The van der Waals surface area contributed by atoms with E-state index in [0.717, 1.165) is 12.0 Å². The maximum Gasteiger partial charge on any atom is 0.128 e. The van der Waals surface area contributed by atoms with Gasteiger partial charge in [-0.2, -0.15) is 0 Å². The minimum absolute atomic E-state index is 0.222. The summed E-state index contributed by atoms with van der Waals surface area (Å²) in [4.78, 5) is 0. The molecule has 120 valence electrons. The highest BCUT2D eigenvalue weighted by molar-refractivity contribution is 5.36. The average Bonchev–Trinajstić information content (AvgIpc) is 2.50. The molecular weight excluding hydrogens is 266 g/mol. The van der Waals surface area contributed by atoms with E-state index >= 15 is 0 Å². The number of rotatable bonds is 11. The fourth-order valence-corrected chi connectivity index (χ4v) is 2.34. The van der Waals surface area contributed by atoms with E-state index in [1.54, 1.807) is 6.07 Å². The molecule has 1 rings (SSSR count). The largest absolute Gasteiger partial charge is 0.508 e. The Hall–Kier alpha value is -1.10. The lowest BCUT2D eigenvalue weighted by Gasteiger charge is -2.12. The molecule has 0 bridgehead atoms. The van der Waals surface area contributed by atoms with E-state index in [0.29, 0.717) is 6.54 Å². The smallest absolute Gasteiger partial charge is 0.128 e. The Kier molecular flexibility index (Phi) is 9.06. The van der Waals surface area contributed by atoms with E-state index in [1.165, 1.54) is 44.1 Å². The molecule has 0 spiro atoms. The molecule has 0 saturated carbocycles. The highest BCUT2D eigenvalue weighted by Crippen LogP contribution is 2.20. The first-order valence-electron chi connectivity index (χ1n) is 8.00. The van der Waals surface area contributed by atoms with Crippen LogP contribution in [0.4, 0.5) is 0 Å². The standard InChI is InChI=1S/C17H29NO3/c1-2-3-4-5-6-7-8-14-9-10-16(20)15(11-14)12-18-17(21)13-19/h9-11,17-21H,2-8,12-13H2,1H3. The molecule has 0 aromatic heterocycles. The molecule has 0 aliphatic rings. The first-order chi connectivity index (χ1) is 10.2. The van der Waals surface area contributed by atoms with Crippen molar-refractivity contribution in [2.45, 2.75) is 64.6 Å². The molecule has 0 heterocycles. The predicted octanol–water partition coefficient (Wildman–Crippen LogP) is 2.70. The Bertz CT molecular complexity index is 396. The third kappa shape index (κ3) is 7.46. The maximum absolute atomic E-state index is 9.81. The molecule has 21 heavy (non-hydrogen) atoms. The quantitative estimate of drug-likeness (QED) is 0.374. The number of hydrogen-bond acceptors (Lipinski definition) is 4. The number of aryl methyl sites for hydroxylation is 1. The summed E-state index contributed by atoms with van der Waals surface area (Å²) in [5, 5.41) is 30.6. The zero-order chi connectivity index (χ0) is 15.5. The van der Waals surface area contributed by atoms with Crippen LogP contribution in [0.25, 0.3) is 0 Å². The van der Waals surface area contributed by atoms with Gasteiger partial charge in [0.05, 0.1) is 6.61 Å². The number of benzene rings is 1. The van der Waals surface area contributed by atoms with Crippen LogP contribution in [0.1, 0.15) is 56.6 Å². The van der Waals surface area contributed by atoms with Gasteiger partial charge in [0.25, 0.3) is 0 Å². The van der Waals surface area contributed by atoms with Crippen LogP contribution in [0, 0.1) is 0 Å². The number of hydrogen-bond donors (Lipinski definition) is 4. The molecule has 0 aliphatic heterocycles. The number of nitrogens with one attached hydrogen (secondary N) is 1. The molecule has 1 unspecified atom stereocenters. The monoisotopic (exact) mass is 295 g/mol. The Morgan fingerprint density at radius 2 is 1.81 bits per heavy atom. The normalized spacial score (nSPS) is 12.5. The van der Waals surface area contributed by atoms with E-state index < -0.39 is 6.23 Å². The van der Waals surface area contributed by atoms with E-state index in [9.17, 15) is 10.2 Å². The van der Waals surface area contributed by atoms with Crippen molar-refractivity contribution in [3.8, 4) is 5.75 Å². The second kappa shape index (κ2) is 10.6. The molecule has 0 fully saturated rings. The number of phenolic OH excluding ortho intramolecular Hbond substituents is 1. The summed E-state index contributed by atoms with van der Waals surface area (Å²) in [5.74, 6) is 0.222. The van der Waals surface area contributed by atoms with Crippen LogP contribution in [0.5, 0.6) is 5.75 Å². The van der Waals surface area contributed by atoms with Crippen LogP contribution >= 0.6 is 0 Å². The van der Waals surface area contributed by atoms with Gasteiger partial charge in [0.2, 0.25) is 0 Å². The average molecular weight is 295 g/mol. The molecule has 0 aliphatic carbocycles. The van der Waals surface area contributed by atoms with Gasteiger partial charge in [-0.25, -0.2) is 0 Å². The van der Waals surface area contributed by atoms with Crippen molar-refractivity contribution in [3.05, 3.63) is 29.3 Å². The Morgan fingerprint density at radius 3 is 2.52 bits per heavy atom. The molecule has 4 heteroatoms. The molecular formula is C17H29NO3. The molecule has 1 atom stereocenters. The van der Waals surface area contributed by atoms with Crippen molar-refractivity contribution < 1.29 is 15.3 Å². The van der Waals surface area contributed by atoms with Gasteiger partial charge in [-0.15, -0.1) is 0 Å². The lowest BCUT2D eigenvalue weighted by atomic mass is 10.0. The number of aromatic hydroxyl groups is 1. The number of phenols is 1. The zero-order valence-corrected chi connectivity index (χ0v) is 13.0. The minimum atomic E-state index is -0.952. The van der Waals surface area contributed by atoms with Gasteiger partial charge in [-0.1, -0.05) is 51.2 Å². The van der Waals surface area contributed by atoms with Crippen LogP contribution in [-0.4, -0.2) is 28.2 Å². The SMILES string of the molecule is CCCCCCCCc1ccc(O)c(CNC(O)CO)c1. The van der Waals surface area contributed by atoms with Crippen LogP contribution in [0.3, 0.4) is 0 Å². The van der Waals surface area contributed by atoms with Gasteiger partial charge in [0.15, 0.2) is 0 Å². The highest BCUT2D eigenvalue weighted by Gasteiger charge is 2.06. The zero-order valence-electron chi connectivity index (χ0n) is 13.0. The van der Waals surface area contributed by atoms with Crippen molar-refractivity contribution in [3.63, 3.8) is 0 Å². The first kappa shape index (κ1) is 18.0. The fraction of sp³-hybridized carbons (Fsp3) is 0.647. The van der Waals surface area contributed by atoms with E-state index in [1.807, 2.05) is 12.1 Å². The van der Waals surface area contributed by atoms with E-state index in [-0.39, 0.29) is 12.4 Å². The number of aliphatic hydroxyl groups excluding tert-OH is 2. The van der Waals surface area contributed by atoms with Gasteiger partial charge in [0.1, 0.15) is 12.0 Å². The second-order valence-corrected chi connectivity index (χ2v) is 5.56. The second-order valence-electron chi connectivity index (χ2n) is 5.56. The molecule has 4 N–H and O–H groups in total. The molecule has 4 nitrogen and oxygen atoms in total. The fourth-order valence-electron chi connectivity index (χ4n) is 2.34. The topological polar surface area (TPSA) is 72.7 Å². The van der Waals surface area contributed by atoms with Crippen molar-refractivity contribution in [2.75, 3.05) is 6.61 Å². The molecule has 0 amide bonds. The Morgan fingerprint density at radius 1 is 1.10 bits per heavy atom. The first-order valence-corrected chi connectivity index (χ1v) is 8.00. The maximum atomic E-state index is 9.81. The summed E-state index contributed by atoms with van der Waals surface area (Å²) >= 11 is 0. The van der Waals surface area contributed by atoms with Crippen LogP contribution in [0.15, 0.2) is 18.2 Å². The van der Waals surface area contributed by atoms with Crippen molar-refractivity contribution >= 4 is 0 Å². The summed E-state index contributed by atoms with van der Waals surface area (Å²) in [6, 6.07) is 5.63. The summed E-state index contributed by atoms with van der Waals surface area (Å²) in [6.45, 7) is 2.23.